The molecule has 0 radical (unpaired) electrons. The van der Waals surface area contributed by atoms with E-state index in [0.717, 1.165) is 38.0 Å². The second-order valence-corrected chi connectivity index (χ2v) is 10.5. The molecule has 0 bridgehead atoms. The van der Waals surface area contributed by atoms with Gasteiger partial charge in [-0.25, -0.2) is 0 Å². The molecule has 0 aliphatic carbocycles. The third-order valence-corrected chi connectivity index (χ3v) is 7.33. The fourth-order valence-electron chi connectivity index (χ4n) is 4.64. The summed E-state index contributed by atoms with van der Waals surface area (Å²) >= 11 is 0. The van der Waals surface area contributed by atoms with E-state index in [1.54, 1.807) is 0 Å². The topological polar surface area (TPSA) is 52.6 Å². The molecule has 0 aliphatic heterocycles. The number of esters is 2. The van der Waals surface area contributed by atoms with Crippen LogP contribution >= 0.6 is 0 Å². The number of hydrogen-bond acceptors (Lipinski definition) is 4. The van der Waals surface area contributed by atoms with Crippen molar-refractivity contribution in [2.45, 2.75) is 175 Å². The Morgan fingerprint density at radius 2 is 1.03 bits per heavy atom. The molecule has 0 aromatic carbocycles. The van der Waals surface area contributed by atoms with Gasteiger partial charge in [-0.3, -0.25) is 9.59 Å². The standard InChI is InChI=1S/C31H60O4/c1-5-9-10-11-12-13-14-15-16-17-18-19-20-21-27-34-30(32)23-22-24-31(33)35-29(8-4)26-25-28(6-2)7-3/h28-29H,5-27H2,1-4H3. The van der Waals surface area contributed by atoms with Crippen LogP contribution in [0, 0.1) is 5.92 Å². The van der Waals surface area contributed by atoms with Crippen LogP contribution in [0.2, 0.25) is 0 Å². The van der Waals surface area contributed by atoms with Crippen LogP contribution in [0.5, 0.6) is 0 Å². The smallest absolute Gasteiger partial charge is 0.306 e. The molecule has 0 N–H and O–H groups in total. The fourth-order valence-corrected chi connectivity index (χ4v) is 4.64. The molecule has 208 valence electrons. The van der Waals surface area contributed by atoms with Crippen LogP contribution in [0.3, 0.4) is 0 Å². The van der Waals surface area contributed by atoms with E-state index >= 15 is 0 Å². The van der Waals surface area contributed by atoms with Crippen molar-refractivity contribution in [1.82, 2.24) is 0 Å². The molecule has 4 nitrogen and oxygen atoms in total. The van der Waals surface area contributed by atoms with Gasteiger partial charge in [0.2, 0.25) is 0 Å². The van der Waals surface area contributed by atoms with E-state index in [-0.39, 0.29) is 18.0 Å². The van der Waals surface area contributed by atoms with Gasteiger partial charge >= 0.3 is 11.9 Å². The molecule has 1 unspecified atom stereocenters. The van der Waals surface area contributed by atoms with Gasteiger partial charge in [0.05, 0.1) is 6.61 Å². The highest BCUT2D eigenvalue weighted by atomic mass is 16.5. The van der Waals surface area contributed by atoms with Crippen LogP contribution < -0.4 is 0 Å². The molecule has 0 fully saturated rings. The minimum atomic E-state index is -0.187. The Morgan fingerprint density at radius 3 is 1.51 bits per heavy atom. The predicted octanol–water partition coefficient (Wildman–Crippen LogP) is 9.72. The maximum absolute atomic E-state index is 12.1. The van der Waals surface area contributed by atoms with Gasteiger partial charge in [0, 0.05) is 12.8 Å². The van der Waals surface area contributed by atoms with Crippen molar-refractivity contribution in [1.29, 1.82) is 0 Å². The molecule has 35 heavy (non-hydrogen) atoms. The minimum absolute atomic E-state index is 0.00960. The zero-order valence-corrected chi connectivity index (χ0v) is 24.1. The van der Waals surface area contributed by atoms with Crippen LogP contribution in [-0.2, 0) is 19.1 Å². The average Bonchev–Trinajstić information content (AvgIpc) is 2.86. The van der Waals surface area contributed by atoms with E-state index in [0.29, 0.717) is 25.9 Å². The molecular weight excluding hydrogens is 436 g/mol. The Labute approximate surface area is 218 Å². The van der Waals surface area contributed by atoms with Crippen molar-refractivity contribution in [3.8, 4) is 0 Å². The first kappa shape index (κ1) is 33.9. The zero-order chi connectivity index (χ0) is 26.0. The van der Waals surface area contributed by atoms with E-state index < -0.39 is 0 Å². The molecule has 0 heterocycles. The number of ether oxygens (including phenoxy) is 2. The van der Waals surface area contributed by atoms with Crippen molar-refractivity contribution in [2.24, 2.45) is 5.92 Å². The summed E-state index contributed by atoms with van der Waals surface area (Å²) in [7, 11) is 0. The van der Waals surface area contributed by atoms with Crippen molar-refractivity contribution in [3.05, 3.63) is 0 Å². The van der Waals surface area contributed by atoms with E-state index in [4.69, 9.17) is 9.47 Å². The molecule has 0 amide bonds. The van der Waals surface area contributed by atoms with Gasteiger partial charge in [0.1, 0.15) is 6.10 Å². The van der Waals surface area contributed by atoms with Crippen molar-refractivity contribution in [3.63, 3.8) is 0 Å². The number of hydrogen-bond donors (Lipinski definition) is 0. The molecule has 4 heteroatoms. The van der Waals surface area contributed by atoms with Crippen LogP contribution in [0.15, 0.2) is 0 Å². The molecule has 0 aromatic rings. The highest BCUT2D eigenvalue weighted by Gasteiger charge is 2.15. The minimum Gasteiger partial charge on any atom is -0.466 e. The van der Waals surface area contributed by atoms with Gasteiger partial charge in [-0.1, -0.05) is 124 Å². The normalized spacial score (nSPS) is 12.1. The molecule has 0 saturated carbocycles. The number of unbranched alkanes of at least 4 members (excludes halogenated alkanes) is 13. The van der Waals surface area contributed by atoms with Gasteiger partial charge in [0.25, 0.3) is 0 Å². The van der Waals surface area contributed by atoms with Crippen molar-refractivity contribution < 1.29 is 19.1 Å². The van der Waals surface area contributed by atoms with Gasteiger partial charge in [0.15, 0.2) is 0 Å². The highest BCUT2D eigenvalue weighted by Crippen LogP contribution is 2.19. The number of carbonyl (C=O) groups is 2. The Balaban J connectivity index is 3.51. The molecule has 0 aromatic heterocycles. The first-order chi connectivity index (χ1) is 17.1. The summed E-state index contributed by atoms with van der Waals surface area (Å²) in [5.74, 6) is 0.353. The summed E-state index contributed by atoms with van der Waals surface area (Å²) < 4.78 is 11.0. The van der Waals surface area contributed by atoms with E-state index in [1.165, 1.54) is 89.9 Å². The van der Waals surface area contributed by atoms with Gasteiger partial charge < -0.3 is 9.47 Å². The monoisotopic (exact) mass is 496 g/mol. The SMILES string of the molecule is CCCCCCCCCCCCCCCCOC(=O)CCCC(=O)OC(CC)CCC(CC)CC. The average molecular weight is 497 g/mol. The Morgan fingerprint density at radius 1 is 0.543 bits per heavy atom. The molecule has 0 saturated heterocycles. The van der Waals surface area contributed by atoms with Crippen LogP contribution in [0.1, 0.15) is 169 Å². The predicted molar refractivity (Wildman–Crippen MR) is 149 cm³/mol. The first-order valence-corrected chi connectivity index (χ1v) is 15.4. The lowest BCUT2D eigenvalue weighted by atomic mass is 9.95. The van der Waals surface area contributed by atoms with Gasteiger partial charge in [-0.2, -0.15) is 0 Å². The quantitative estimate of drug-likeness (QED) is 0.0883. The molecule has 0 aliphatic rings. The van der Waals surface area contributed by atoms with Crippen LogP contribution in [-0.4, -0.2) is 24.6 Å². The Hall–Kier alpha value is -1.06. The number of carbonyl (C=O) groups excluding carboxylic acids is 2. The summed E-state index contributed by atoms with van der Waals surface area (Å²) in [4.78, 5) is 24.0. The summed E-state index contributed by atoms with van der Waals surface area (Å²) in [6.07, 6.45) is 24.9. The van der Waals surface area contributed by atoms with E-state index in [9.17, 15) is 9.59 Å². The summed E-state index contributed by atoms with van der Waals surface area (Å²) in [5, 5.41) is 0. The lowest BCUT2D eigenvalue weighted by molar-refractivity contribution is -0.150. The van der Waals surface area contributed by atoms with E-state index in [2.05, 4.69) is 27.7 Å². The lowest BCUT2D eigenvalue weighted by Crippen LogP contribution is -2.19. The third kappa shape index (κ3) is 23.1. The van der Waals surface area contributed by atoms with Crippen LogP contribution in [0.25, 0.3) is 0 Å². The van der Waals surface area contributed by atoms with Crippen molar-refractivity contribution >= 4 is 11.9 Å². The Bertz CT molecular complexity index is 473. The van der Waals surface area contributed by atoms with Gasteiger partial charge in [-0.15, -0.1) is 0 Å². The summed E-state index contributed by atoms with van der Waals surface area (Å²) in [6, 6.07) is 0. The summed E-state index contributed by atoms with van der Waals surface area (Å²) in [6.45, 7) is 9.29. The second-order valence-electron chi connectivity index (χ2n) is 10.5. The maximum atomic E-state index is 12.1. The van der Waals surface area contributed by atoms with Gasteiger partial charge in [-0.05, 0) is 38.0 Å². The third-order valence-electron chi connectivity index (χ3n) is 7.33. The highest BCUT2D eigenvalue weighted by molar-refractivity contribution is 5.72. The maximum Gasteiger partial charge on any atom is 0.306 e. The van der Waals surface area contributed by atoms with Crippen molar-refractivity contribution in [2.75, 3.05) is 6.61 Å². The first-order valence-electron chi connectivity index (χ1n) is 15.4. The zero-order valence-electron chi connectivity index (χ0n) is 24.1. The van der Waals surface area contributed by atoms with Crippen LogP contribution in [0.4, 0.5) is 0 Å². The number of rotatable bonds is 26. The second kappa shape index (κ2) is 26.0. The largest absolute Gasteiger partial charge is 0.466 e. The molecule has 1 atom stereocenters. The molecule has 0 rings (SSSR count). The fraction of sp³-hybridized carbons (Fsp3) is 0.935. The molecule has 0 spiro atoms. The van der Waals surface area contributed by atoms with E-state index in [1.807, 2.05) is 0 Å². The lowest BCUT2D eigenvalue weighted by Gasteiger charge is -2.19. The summed E-state index contributed by atoms with van der Waals surface area (Å²) in [5.41, 5.74) is 0. The molecular formula is C31H60O4. The Kier molecular flexibility index (Phi) is 25.2.